The maximum absolute atomic E-state index is 13.5. The summed E-state index contributed by atoms with van der Waals surface area (Å²) in [5.41, 5.74) is 0.210. The first kappa shape index (κ1) is 15.3. The highest BCUT2D eigenvalue weighted by Gasteiger charge is 2.27. The molecule has 0 atom stereocenters. The normalized spacial score (nSPS) is 15.2. The molecule has 0 radical (unpaired) electrons. The van der Waals surface area contributed by atoms with Crippen LogP contribution in [0.1, 0.15) is 28.8 Å². The molecular weight excluding hydrogens is 305 g/mol. The number of hydrogen-bond donors (Lipinski definition) is 0. The second kappa shape index (κ2) is 5.33. The molecule has 0 bridgehead atoms. The summed E-state index contributed by atoms with van der Waals surface area (Å²) in [5, 5.41) is 0. The van der Waals surface area contributed by atoms with Crippen LogP contribution in [-0.4, -0.2) is 32.8 Å². The van der Waals surface area contributed by atoms with Gasteiger partial charge in [-0.3, -0.25) is 4.79 Å². The molecule has 1 aromatic rings. The van der Waals surface area contributed by atoms with Crippen LogP contribution in [-0.2, 0) is 9.05 Å². The average molecular weight is 320 g/mol. The minimum atomic E-state index is -4.09. The maximum atomic E-state index is 13.5. The zero-order chi connectivity index (χ0) is 15.1. The number of carbonyl (C=O) groups excluding carboxylic acids is 1. The summed E-state index contributed by atoms with van der Waals surface area (Å²) in [4.78, 5) is 13.4. The fraction of sp³-hybridized carbons (Fsp3) is 0.462. The van der Waals surface area contributed by atoms with Crippen LogP contribution >= 0.6 is 10.7 Å². The Kier molecular flexibility index (Phi) is 4.07. The number of carbonyl (C=O) groups is 1. The number of amides is 1. The molecule has 1 fully saturated rings. The van der Waals surface area contributed by atoms with Crippen LogP contribution < -0.4 is 0 Å². The molecule has 1 saturated carbocycles. The van der Waals surface area contributed by atoms with E-state index in [9.17, 15) is 17.6 Å². The Morgan fingerprint density at radius 1 is 1.45 bits per heavy atom. The van der Waals surface area contributed by atoms with E-state index in [2.05, 4.69) is 0 Å². The molecule has 0 saturated heterocycles. The van der Waals surface area contributed by atoms with Gasteiger partial charge >= 0.3 is 0 Å². The van der Waals surface area contributed by atoms with E-state index in [1.165, 1.54) is 11.8 Å². The molecule has 1 aromatic carbocycles. The number of halogens is 2. The Bertz CT molecular complexity index is 656. The van der Waals surface area contributed by atoms with E-state index < -0.39 is 20.8 Å². The van der Waals surface area contributed by atoms with Gasteiger partial charge < -0.3 is 4.90 Å². The molecule has 4 nitrogen and oxygen atoms in total. The smallest absolute Gasteiger partial charge is 0.261 e. The molecule has 0 aromatic heterocycles. The molecule has 0 spiro atoms. The first-order valence-corrected chi connectivity index (χ1v) is 8.51. The third kappa shape index (κ3) is 3.30. The Balaban J connectivity index is 2.40. The van der Waals surface area contributed by atoms with Crippen LogP contribution in [0.4, 0.5) is 4.39 Å². The van der Waals surface area contributed by atoms with Crippen molar-refractivity contribution in [2.45, 2.75) is 24.7 Å². The van der Waals surface area contributed by atoms with Crippen molar-refractivity contribution >= 4 is 25.6 Å². The molecule has 1 aliphatic carbocycles. The Morgan fingerprint density at radius 2 is 2.05 bits per heavy atom. The third-order valence-electron chi connectivity index (χ3n) is 3.39. The van der Waals surface area contributed by atoms with Crippen molar-refractivity contribution in [1.29, 1.82) is 0 Å². The lowest BCUT2D eigenvalue weighted by molar-refractivity contribution is 0.0787. The lowest BCUT2D eigenvalue weighted by Gasteiger charge is -2.19. The Labute approximate surface area is 121 Å². The molecule has 7 heteroatoms. The molecule has 0 N–H and O–H groups in total. The predicted octanol–water partition coefficient (Wildman–Crippen LogP) is 2.54. The third-order valence-corrected chi connectivity index (χ3v) is 4.84. The number of rotatable bonds is 4. The van der Waals surface area contributed by atoms with Gasteiger partial charge in [-0.2, -0.15) is 0 Å². The molecule has 20 heavy (non-hydrogen) atoms. The second-order valence-electron chi connectivity index (χ2n) is 5.14. The van der Waals surface area contributed by atoms with E-state index in [1.807, 2.05) is 0 Å². The van der Waals surface area contributed by atoms with Crippen LogP contribution in [0.15, 0.2) is 17.0 Å². The van der Waals surface area contributed by atoms with Gasteiger partial charge in [0.15, 0.2) is 0 Å². The molecule has 1 aliphatic rings. The van der Waals surface area contributed by atoms with Gasteiger partial charge in [-0.1, -0.05) is 0 Å². The fourth-order valence-electron chi connectivity index (χ4n) is 2.11. The number of hydrogen-bond acceptors (Lipinski definition) is 3. The summed E-state index contributed by atoms with van der Waals surface area (Å²) in [6.07, 6.45) is 2.17. The van der Waals surface area contributed by atoms with Gasteiger partial charge in [-0.15, -0.1) is 0 Å². The van der Waals surface area contributed by atoms with Crippen molar-refractivity contribution in [2.75, 3.05) is 13.6 Å². The largest absolute Gasteiger partial charge is 0.341 e. The molecule has 0 unspecified atom stereocenters. The first-order valence-electron chi connectivity index (χ1n) is 6.20. The Hall–Kier alpha value is -1.14. The average Bonchev–Trinajstić information content (AvgIpc) is 3.13. The highest BCUT2D eigenvalue weighted by atomic mass is 35.7. The van der Waals surface area contributed by atoms with Crippen LogP contribution in [0.5, 0.6) is 0 Å². The summed E-state index contributed by atoms with van der Waals surface area (Å²) >= 11 is 0. The van der Waals surface area contributed by atoms with E-state index in [1.54, 1.807) is 7.05 Å². The topological polar surface area (TPSA) is 54.5 Å². The quantitative estimate of drug-likeness (QED) is 0.801. The highest BCUT2D eigenvalue weighted by Crippen LogP contribution is 2.30. The van der Waals surface area contributed by atoms with Crippen molar-refractivity contribution in [1.82, 2.24) is 4.90 Å². The van der Waals surface area contributed by atoms with Gasteiger partial charge in [0.2, 0.25) is 0 Å². The molecular formula is C13H15ClFNO3S. The second-order valence-corrected chi connectivity index (χ2v) is 7.68. The molecule has 0 aliphatic heterocycles. The molecule has 0 heterocycles. The van der Waals surface area contributed by atoms with Crippen molar-refractivity contribution in [3.63, 3.8) is 0 Å². The minimum Gasteiger partial charge on any atom is -0.341 e. The maximum Gasteiger partial charge on any atom is 0.261 e. The molecule has 1 amide bonds. The van der Waals surface area contributed by atoms with Crippen LogP contribution in [0.3, 0.4) is 0 Å². The van der Waals surface area contributed by atoms with E-state index in [-0.39, 0.29) is 16.0 Å². The van der Waals surface area contributed by atoms with Crippen molar-refractivity contribution < 1.29 is 17.6 Å². The van der Waals surface area contributed by atoms with Gasteiger partial charge in [0.25, 0.3) is 15.0 Å². The van der Waals surface area contributed by atoms with Crippen LogP contribution in [0.2, 0.25) is 0 Å². The molecule has 2 rings (SSSR count). The van der Waals surface area contributed by atoms with Gasteiger partial charge in [0, 0.05) is 29.8 Å². The fourth-order valence-corrected chi connectivity index (χ4v) is 3.32. The van der Waals surface area contributed by atoms with Gasteiger partial charge in [-0.25, -0.2) is 12.8 Å². The summed E-state index contributed by atoms with van der Waals surface area (Å²) in [7, 11) is 2.80. The standard InChI is InChI=1S/C13H15ClFNO3S/c1-8-11(13(17)16(2)7-9-3-4-9)5-10(15)6-12(8)20(14,18)19/h5-6,9H,3-4,7H2,1-2H3. The number of nitrogens with zero attached hydrogens (tertiary/aromatic N) is 1. The van der Waals surface area contributed by atoms with Gasteiger partial charge in [0.05, 0.1) is 4.90 Å². The lowest BCUT2D eigenvalue weighted by atomic mass is 10.1. The summed E-state index contributed by atoms with van der Waals surface area (Å²) in [6, 6.07) is 1.88. The van der Waals surface area contributed by atoms with Crippen LogP contribution in [0.25, 0.3) is 0 Å². The first-order chi connectivity index (χ1) is 9.20. The summed E-state index contributed by atoms with van der Waals surface area (Å²) < 4.78 is 36.4. The predicted molar refractivity (Wildman–Crippen MR) is 73.9 cm³/mol. The monoisotopic (exact) mass is 319 g/mol. The summed E-state index contributed by atoms with van der Waals surface area (Å²) in [5.74, 6) is -0.692. The van der Waals surface area contributed by atoms with Crippen LogP contribution in [0, 0.1) is 18.7 Å². The Morgan fingerprint density at radius 3 is 2.55 bits per heavy atom. The zero-order valence-corrected chi connectivity index (χ0v) is 12.8. The lowest BCUT2D eigenvalue weighted by Crippen LogP contribution is -2.29. The van der Waals surface area contributed by atoms with Gasteiger partial charge in [0.1, 0.15) is 5.82 Å². The summed E-state index contributed by atoms with van der Waals surface area (Å²) in [6.45, 7) is 2.05. The van der Waals surface area contributed by atoms with E-state index >= 15 is 0 Å². The zero-order valence-electron chi connectivity index (χ0n) is 11.2. The van der Waals surface area contributed by atoms with Crippen molar-refractivity contribution in [2.24, 2.45) is 5.92 Å². The molecule has 110 valence electrons. The van der Waals surface area contributed by atoms with Crippen molar-refractivity contribution in [3.8, 4) is 0 Å². The van der Waals surface area contributed by atoms with Crippen molar-refractivity contribution in [3.05, 3.63) is 29.1 Å². The van der Waals surface area contributed by atoms with E-state index in [0.29, 0.717) is 12.5 Å². The highest BCUT2D eigenvalue weighted by molar-refractivity contribution is 8.13. The number of benzene rings is 1. The minimum absolute atomic E-state index is 0.0346. The van der Waals surface area contributed by atoms with E-state index in [0.717, 1.165) is 25.0 Å². The van der Waals surface area contributed by atoms with E-state index in [4.69, 9.17) is 10.7 Å². The SMILES string of the molecule is Cc1c(C(=O)N(C)CC2CC2)cc(F)cc1S(=O)(=O)Cl. The van der Waals surface area contributed by atoms with Gasteiger partial charge in [-0.05, 0) is 43.4 Å².